The highest BCUT2D eigenvalue weighted by atomic mass is 16.4. The lowest BCUT2D eigenvalue weighted by molar-refractivity contribution is 0.0696. The van der Waals surface area contributed by atoms with Crippen LogP contribution in [-0.4, -0.2) is 21.6 Å². The number of hydrogen-bond donors (Lipinski definition) is 2. The summed E-state index contributed by atoms with van der Waals surface area (Å²) in [6.45, 7) is 0.580. The molecule has 3 rings (SSSR count). The molecule has 22 heavy (non-hydrogen) atoms. The number of benzene rings is 2. The Bertz CT molecular complexity index is 866. The minimum Gasteiger partial charge on any atom is -0.478 e. The van der Waals surface area contributed by atoms with Crippen LogP contribution in [0.4, 0.5) is 0 Å². The first-order valence-electron chi connectivity index (χ1n) is 6.76. The molecular formula is C17H14N2O3. The standard InChI is InChI=1S/C17H14N2O3/c18-16(20)14-10-19(9-11-4-2-1-3-5-11)15-7-6-12(17(21)22)8-13(14)15/h1-8,10H,9H2,(H2,18,20)(H,21,22). The molecule has 3 aromatic rings. The number of hydrogen-bond acceptors (Lipinski definition) is 2. The van der Waals surface area contributed by atoms with Crippen LogP contribution in [0.5, 0.6) is 0 Å². The molecule has 0 aliphatic carbocycles. The molecule has 0 saturated carbocycles. The van der Waals surface area contributed by atoms with Gasteiger partial charge in [-0.05, 0) is 23.8 Å². The van der Waals surface area contributed by atoms with E-state index in [9.17, 15) is 9.59 Å². The van der Waals surface area contributed by atoms with Crippen LogP contribution in [0.2, 0.25) is 0 Å². The Morgan fingerprint density at radius 2 is 1.82 bits per heavy atom. The highest BCUT2D eigenvalue weighted by molar-refractivity contribution is 6.07. The van der Waals surface area contributed by atoms with Crippen molar-refractivity contribution in [3.63, 3.8) is 0 Å². The van der Waals surface area contributed by atoms with E-state index in [1.54, 1.807) is 12.3 Å². The average Bonchev–Trinajstić information content (AvgIpc) is 2.86. The summed E-state index contributed by atoms with van der Waals surface area (Å²) < 4.78 is 1.90. The third-order valence-corrected chi connectivity index (χ3v) is 3.59. The molecule has 0 radical (unpaired) electrons. The highest BCUT2D eigenvalue weighted by Crippen LogP contribution is 2.24. The number of nitrogens with two attached hydrogens (primary N) is 1. The highest BCUT2D eigenvalue weighted by Gasteiger charge is 2.15. The molecule has 0 bridgehead atoms. The summed E-state index contributed by atoms with van der Waals surface area (Å²) in [6.07, 6.45) is 1.67. The van der Waals surface area contributed by atoms with Crippen LogP contribution in [-0.2, 0) is 6.54 Å². The third-order valence-electron chi connectivity index (χ3n) is 3.59. The Kier molecular flexibility index (Phi) is 3.39. The molecule has 1 heterocycles. The van der Waals surface area contributed by atoms with Crippen molar-refractivity contribution in [2.75, 3.05) is 0 Å². The molecule has 0 saturated heterocycles. The zero-order valence-corrected chi connectivity index (χ0v) is 11.7. The molecule has 0 fully saturated rings. The van der Waals surface area contributed by atoms with E-state index < -0.39 is 11.9 Å². The molecule has 3 N–H and O–H groups in total. The van der Waals surface area contributed by atoms with Crippen molar-refractivity contribution in [1.29, 1.82) is 0 Å². The van der Waals surface area contributed by atoms with Crippen molar-refractivity contribution in [1.82, 2.24) is 4.57 Å². The Morgan fingerprint density at radius 3 is 2.45 bits per heavy atom. The molecule has 0 aliphatic heterocycles. The lowest BCUT2D eigenvalue weighted by Crippen LogP contribution is -2.10. The minimum absolute atomic E-state index is 0.132. The SMILES string of the molecule is NC(=O)c1cn(Cc2ccccc2)c2ccc(C(=O)O)cc12. The zero-order chi connectivity index (χ0) is 15.7. The van der Waals surface area contributed by atoms with Crippen molar-refractivity contribution >= 4 is 22.8 Å². The van der Waals surface area contributed by atoms with E-state index in [2.05, 4.69) is 0 Å². The van der Waals surface area contributed by atoms with Gasteiger partial charge in [-0.25, -0.2) is 4.79 Å². The second-order valence-corrected chi connectivity index (χ2v) is 5.06. The van der Waals surface area contributed by atoms with Crippen LogP contribution in [0, 0.1) is 0 Å². The lowest BCUT2D eigenvalue weighted by atomic mass is 10.1. The van der Waals surface area contributed by atoms with Gasteiger partial charge in [0, 0.05) is 23.6 Å². The lowest BCUT2D eigenvalue weighted by Gasteiger charge is -2.05. The first-order chi connectivity index (χ1) is 10.6. The van der Waals surface area contributed by atoms with E-state index in [0.717, 1.165) is 11.1 Å². The number of carboxylic acid groups (broad SMARTS) is 1. The second-order valence-electron chi connectivity index (χ2n) is 5.06. The summed E-state index contributed by atoms with van der Waals surface area (Å²) in [5.41, 5.74) is 7.73. The molecule has 0 atom stereocenters. The van der Waals surface area contributed by atoms with Gasteiger partial charge in [0.25, 0.3) is 5.91 Å². The van der Waals surface area contributed by atoms with Crippen molar-refractivity contribution in [3.8, 4) is 0 Å². The second kappa shape index (κ2) is 5.37. The molecule has 110 valence electrons. The van der Waals surface area contributed by atoms with Crippen LogP contribution in [0.25, 0.3) is 10.9 Å². The Hall–Kier alpha value is -3.08. The quantitative estimate of drug-likeness (QED) is 0.775. The van der Waals surface area contributed by atoms with Crippen molar-refractivity contribution < 1.29 is 14.7 Å². The van der Waals surface area contributed by atoms with E-state index in [-0.39, 0.29) is 5.56 Å². The number of aromatic nitrogens is 1. The predicted molar refractivity (Wildman–Crippen MR) is 83.0 cm³/mol. The molecular weight excluding hydrogens is 280 g/mol. The molecule has 0 spiro atoms. The topological polar surface area (TPSA) is 85.3 Å². The Morgan fingerprint density at radius 1 is 1.09 bits per heavy atom. The summed E-state index contributed by atoms with van der Waals surface area (Å²) >= 11 is 0. The smallest absolute Gasteiger partial charge is 0.335 e. The maximum Gasteiger partial charge on any atom is 0.335 e. The van der Waals surface area contributed by atoms with E-state index >= 15 is 0 Å². The summed E-state index contributed by atoms with van der Waals surface area (Å²) in [7, 11) is 0. The summed E-state index contributed by atoms with van der Waals surface area (Å²) in [5.74, 6) is -1.60. The van der Waals surface area contributed by atoms with E-state index in [1.165, 1.54) is 12.1 Å². The van der Waals surface area contributed by atoms with E-state index in [0.29, 0.717) is 17.5 Å². The maximum atomic E-state index is 11.6. The molecule has 2 aromatic carbocycles. The van der Waals surface area contributed by atoms with Crippen LogP contribution in [0.1, 0.15) is 26.3 Å². The number of carboxylic acids is 1. The Balaban J connectivity index is 2.15. The number of carbonyl (C=O) groups excluding carboxylic acids is 1. The van der Waals surface area contributed by atoms with Gasteiger partial charge in [0.2, 0.25) is 0 Å². The van der Waals surface area contributed by atoms with Crippen LogP contribution in [0.3, 0.4) is 0 Å². The normalized spacial score (nSPS) is 10.7. The number of aromatic carboxylic acids is 1. The zero-order valence-electron chi connectivity index (χ0n) is 11.7. The van der Waals surface area contributed by atoms with Gasteiger partial charge >= 0.3 is 5.97 Å². The fraction of sp³-hybridized carbons (Fsp3) is 0.0588. The monoisotopic (exact) mass is 294 g/mol. The largest absolute Gasteiger partial charge is 0.478 e. The van der Waals surface area contributed by atoms with Crippen LogP contribution >= 0.6 is 0 Å². The fourth-order valence-electron chi connectivity index (χ4n) is 2.54. The van der Waals surface area contributed by atoms with Crippen LogP contribution in [0.15, 0.2) is 54.7 Å². The van der Waals surface area contributed by atoms with E-state index in [1.807, 2.05) is 34.9 Å². The number of primary amides is 1. The van der Waals surface area contributed by atoms with Gasteiger partial charge in [-0.3, -0.25) is 4.79 Å². The van der Waals surface area contributed by atoms with Gasteiger partial charge in [-0.15, -0.1) is 0 Å². The fourth-order valence-corrected chi connectivity index (χ4v) is 2.54. The van der Waals surface area contributed by atoms with Crippen LogP contribution < -0.4 is 5.73 Å². The first kappa shape index (κ1) is 13.9. The molecule has 5 nitrogen and oxygen atoms in total. The van der Waals surface area contributed by atoms with Crippen molar-refractivity contribution in [3.05, 3.63) is 71.4 Å². The molecule has 5 heteroatoms. The predicted octanol–water partition coefficient (Wildman–Crippen LogP) is 2.49. The summed E-state index contributed by atoms with van der Waals surface area (Å²) in [4.78, 5) is 22.7. The average molecular weight is 294 g/mol. The number of amides is 1. The van der Waals surface area contributed by atoms with Crippen molar-refractivity contribution in [2.45, 2.75) is 6.54 Å². The third kappa shape index (κ3) is 2.44. The van der Waals surface area contributed by atoms with Crippen molar-refractivity contribution in [2.24, 2.45) is 5.73 Å². The van der Waals surface area contributed by atoms with Gasteiger partial charge in [0.15, 0.2) is 0 Å². The molecule has 0 aliphatic rings. The number of carbonyl (C=O) groups is 2. The minimum atomic E-state index is -1.03. The molecule has 0 unspecified atom stereocenters. The van der Waals surface area contributed by atoms with E-state index in [4.69, 9.17) is 10.8 Å². The van der Waals surface area contributed by atoms with Gasteiger partial charge in [0.05, 0.1) is 11.1 Å². The molecule has 1 aromatic heterocycles. The van der Waals surface area contributed by atoms with Gasteiger partial charge in [0.1, 0.15) is 0 Å². The van der Waals surface area contributed by atoms with Gasteiger partial charge < -0.3 is 15.4 Å². The number of rotatable bonds is 4. The summed E-state index contributed by atoms with van der Waals surface area (Å²) in [5, 5.41) is 9.65. The first-order valence-corrected chi connectivity index (χ1v) is 6.76. The number of fused-ring (bicyclic) bond motifs is 1. The van der Waals surface area contributed by atoms with Gasteiger partial charge in [-0.1, -0.05) is 30.3 Å². The van der Waals surface area contributed by atoms with Gasteiger partial charge in [-0.2, -0.15) is 0 Å². The summed E-state index contributed by atoms with van der Waals surface area (Å²) in [6, 6.07) is 14.5. The number of nitrogens with zero attached hydrogens (tertiary/aromatic N) is 1. The maximum absolute atomic E-state index is 11.6. The molecule has 1 amide bonds. The Labute approximate surface area is 126 Å².